The Morgan fingerprint density at radius 3 is 2.67 bits per heavy atom. The number of hydrogen-bond donors (Lipinski definition) is 1. The van der Waals surface area contributed by atoms with E-state index in [2.05, 4.69) is 9.88 Å². The quantitative estimate of drug-likeness (QED) is 0.722. The molecular formula is C9H14N2O. The predicted molar refractivity (Wildman–Crippen MR) is 49.2 cm³/mol. The van der Waals surface area contributed by atoms with Gasteiger partial charge in [-0.05, 0) is 18.6 Å². The Bertz CT molecular complexity index is 213. The molecule has 0 saturated carbocycles. The summed E-state index contributed by atoms with van der Waals surface area (Å²) in [6, 6.07) is 3.91. The van der Waals surface area contributed by atoms with Gasteiger partial charge in [0.1, 0.15) is 0 Å². The highest BCUT2D eigenvalue weighted by Gasteiger charge is 1.97. The van der Waals surface area contributed by atoms with Gasteiger partial charge in [0, 0.05) is 38.3 Å². The van der Waals surface area contributed by atoms with Gasteiger partial charge in [-0.2, -0.15) is 0 Å². The Labute approximate surface area is 72.7 Å². The van der Waals surface area contributed by atoms with Crippen LogP contribution in [0, 0.1) is 0 Å². The van der Waals surface area contributed by atoms with Crippen LogP contribution in [0.4, 0.5) is 5.69 Å². The lowest BCUT2D eigenvalue weighted by molar-refractivity contribution is 0.290. The summed E-state index contributed by atoms with van der Waals surface area (Å²) in [4.78, 5) is 6.03. The molecule has 0 fully saturated rings. The highest BCUT2D eigenvalue weighted by atomic mass is 16.3. The van der Waals surface area contributed by atoms with Gasteiger partial charge in [0.15, 0.2) is 0 Å². The standard InChI is InChI=1S/C9H14N2O/c1-11(7-2-8-12)9-3-5-10-6-4-9/h3-6,12H,2,7-8H2,1H3. The molecule has 0 aliphatic heterocycles. The molecule has 0 spiro atoms. The maximum absolute atomic E-state index is 8.62. The van der Waals surface area contributed by atoms with Crippen LogP contribution < -0.4 is 4.90 Å². The van der Waals surface area contributed by atoms with E-state index >= 15 is 0 Å². The van der Waals surface area contributed by atoms with Gasteiger partial charge < -0.3 is 10.0 Å². The molecule has 1 N–H and O–H groups in total. The monoisotopic (exact) mass is 166 g/mol. The first-order chi connectivity index (χ1) is 5.84. The van der Waals surface area contributed by atoms with E-state index in [0.717, 1.165) is 18.7 Å². The fourth-order valence-electron chi connectivity index (χ4n) is 1.04. The highest BCUT2D eigenvalue weighted by Crippen LogP contribution is 2.09. The van der Waals surface area contributed by atoms with Gasteiger partial charge in [0.2, 0.25) is 0 Å². The van der Waals surface area contributed by atoms with Crippen LogP contribution in [-0.4, -0.2) is 30.3 Å². The van der Waals surface area contributed by atoms with Crippen molar-refractivity contribution in [1.29, 1.82) is 0 Å². The molecule has 0 amide bonds. The van der Waals surface area contributed by atoms with Gasteiger partial charge >= 0.3 is 0 Å². The summed E-state index contributed by atoms with van der Waals surface area (Å²) in [5.74, 6) is 0. The number of hydrogen-bond acceptors (Lipinski definition) is 3. The normalized spacial score (nSPS) is 9.83. The van der Waals surface area contributed by atoms with Crippen LogP contribution in [0.5, 0.6) is 0 Å². The first kappa shape index (κ1) is 9.00. The second-order valence-corrected chi connectivity index (χ2v) is 2.70. The Balaban J connectivity index is 2.48. The average Bonchev–Trinajstić information content (AvgIpc) is 2.15. The van der Waals surface area contributed by atoms with Crippen molar-refractivity contribution in [3.8, 4) is 0 Å². The molecule has 0 radical (unpaired) electrons. The SMILES string of the molecule is CN(CCCO)c1ccncc1. The zero-order valence-electron chi connectivity index (χ0n) is 7.27. The average molecular weight is 166 g/mol. The summed E-state index contributed by atoms with van der Waals surface area (Å²) < 4.78 is 0. The summed E-state index contributed by atoms with van der Waals surface area (Å²) in [5.41, 5.74) is 1.14. The van der Waals surface area contributed by atoms with Crippen molar-refractivity contribution in [1.82, 2.24) is 4.98 Å². The van der Waals surface area contributed by atoms with Gasteiger partial charge in [0.25, 0.3) is 0 Å². The molecule has 3 nitrogen and oxygen atoms in total. The lowest BCUT2D eigenvalue weighted by atomic mass is 10.3. The number of aromatic nitrogens is 1. The van der Waals surface area contributed by atoms with E-state index in [0.29, 0.717) is 0 Å². The lowest BCUT2D eigenvalue weighted by Gasteiger charge is -2.17. The minimum absolute atomic E-state index is 0.245. The van der Waals surface area contributed by atoms with Crippen molar-refractivity contribution in [2.75, 3.05) is 25.1 Å². The van der Waals surface area contributed by atoms with E-state index in [1.165, 1.54) is 0 Å². The van der Waals surface area contributed by atoms with Crippen molar-refractivity contribution in [2.45, 2.75) is 6.42 Å². The van der Waals surface area contributed by atoms with E-state index in [4.69, 9.17) is 5.11 Å². The molecule has 3 heteroatoms. The molecule has 0 bridgehead atoms. The van der Waals surface area contributed by atoms with Crippen molar-refractivity contribution in [3.05, 3.63) is 24.5 Å². The van der Waals surface area contributed by atoms with Crippen LogP contribution in [0.2, 0.25) is 0 Å². The topological polar surface area (TPSA) is 36.4 Å². The molecule has 0 aromatic carbocycles. The highest BCUT2D eigenvalue weighted by molar-refractivity contribution is 5.43. The minimum atomic E-state index is 0.245. The van der Waals surface area contributed by atoms with E-state index in [-0.39, 0.29) is 6.61 Å². The van der Waals surface area contributed by atoms with E-state index < -0.39 is 0 Å². The van der Waals surface area contributed by atoms with Crippen LogP contribution >= 0.6 is 0 Å². The van der Waals surface area contributed by atoms with Crippen LogP contribution in [-0.2, 0) is 0 Å². The molecule has 0 unspecified atom stereocenters. The maximum atomic E-state index is 8.62. The zero-order valence-corrected chi connectivity index (χ0v) is 7.27. The van der Waals surface area contributed by atoms with E-state index in [9.17, 15) is 0 Å². The molecule has 0 saturated heterocycles. The Morgan fingerprint density at radius 2 is 2.08 bits per heavy atom. The third kappa shape index (κ3) is 2.51. The van der Waals surface area contributed by atoms with Crippen LogP contribution in [0.3, 0.4) is 0 Å². The van der Waals surface area contributed by atoms with E-state index in [1.807, 2.05) is 19.2 Å². The largest absolute Gasteiger partial charge is 0.396 e. The molecule has 1 rings (SSSR count). The molecule has 1 heterocycles. The Kier molecular flexibility index (Phi) is 3.54. The number of rotatable bonds is 4. The molecule has 0 atom stereocenters. The summed E-state index contributed by atoms with van der Waals surface area (Å²) in [6.45, 7) is 1.12. The molecular weight excluding hydrogens is 152 g/mol. The first-order valence-electron chi connectivity index (χ1n) is 4.06. The minimum Gasteiger partial charge on any atom is -0.396 e. The van der Waals surface area contributed by atoms with Gasteiger partial charge in [-0.25, -0.2) is 0 Å². The second-order valence-electron chi connectivity index (χ2n) is 2.70. The van der Waals surface area contributed by atoms with Crippen LogP contribution in [0.1, 0.15) is 6.42 Å². The summed E-state index contributed by atoms with van der Waals surface area (Å²) in [7, 11) is 2.00. The molecule has 0 aliphatic rings. The number of anilines is 1. The number of aliphatic hydroxyl groups is 1. The van der Waals surface area contributed by atoms with Gasteiger partial charge in [-0.3, -0.25) is 4.98 Å². The van der Waals surface area contributed by atoms with Crippen molar-refractivity contribution < 1.29 is 5.11 Å². The number of nitrogens with zero attached hydrogens (tertiary/aromatic N) is 2. The van der Waals surface area contributed by atoms with E-state index in [1.54, 1.807) is 12.4 Å². The van der Waals surface area contributed by atoms with Crippen LogP contribution in [0.25, 0.3) is 0 Å². The van der Waals surface area contributed by atoms with Crippen molar-refractivity contribution >= 4 is 5.69 Å². The van der Waals surface area contributed by atoms with Crippen LogP contribution in [0.15, 0.2) is 24.5 Å². The smallest absolute Gasteiger partial charge is 0.0447 e. The predicted octanol–water partition coefficient (Wildman–Crippen LogP) is 0.900. The zero-order chi connectivity index (χ0) is 8.81. The summed E-state index contributed by atoms with van der Waals surface area (Å²) in [6.07, 6.45) is 4.34. The second kappa shape index (κ2) is 4.72. The first-order valence-corrected chi connectivity index (χ1v) is 4.06. The number of aliphatic hydroxyl groups excluding tert-OH is 1. The van der Waals surface area contributed by atoms with Gasteiger partial charge in [-0.15, -0.1) is 0 Å². The van der Waals surface area contributed by atoms with Gasteiger partial charge in [0.05, 0.1) is 0 Å². The fourth-order valence-corrected chi connectivity index (χ4v) is 1.04. The summed E-state index contributed by atoms with van der Waals surface area (Å²) in [5, 5.41) is 8.62. The molecule has 12 heavy (non-hydrogen) atoms. The maximum Gasteiger partial charge on any atom is 0.0447 e. The molecule has 0 aliphatic carbocycles. The molecule has 1 aromatic rings. The fraction of sp³-hybridized carbons (Fsp3) is 0.444. The van der Waals surface area contributed by atoms with Crippen molar-refractivity contribution in [3.63, 3.8) is 0 Å². The van der Waals surface area contributed by atoms with Gasteiger partial charge in [-0.1, -0.05) is 0 Å². The van der Waals surface area contributed by atoms with Crippen molar-refractivity contribution in [2.24, 2.45) is 0 Å². The molecule has 1 aromatic heterocycles. The Morgan fingerprint density at radius 1 is 1.42 bits per heavy atom. The Hall–Kier alpha value is -1.09. The third-order valence-electron chi connectivity index (χ3n) is 1.76. The third-order valence-corrected chi connectivity index (χ3v) is 1.76. The lowest BCUT2D eigenvalue weighted by Crippen LogP contribution is -2.19. The number of pyridine rings is 1. The summed E-state index contributed by atoms with van der Waals surface area (Å²) >= 11 is 0. The molecule has 66 valence electrons.